The smallest absolute Gasteiger partial charge is 0.399 e. The van der Waals surface area contributed by atoms with E-state index >= 15 is 0 Å². The Morgan fingerprint density at radius 1 is 1.31 bits per heavy atom. The number of carbonyl (C=O) groups excluding carboxylic acids is 1. The average molecular weight is 425 g/mol. The van der Waals surface area contributed by atoms with Crippen molar-refractivity contribution in [2.45, 2.75) is 26.1 Å². The second-order valence-electron chi connectivity index (χ2n) is 5.68. The van der Waals surface area contributed by atoms with Crippen LogP contribution in [0.3, 0.4) is 0 Å². The van der Waals surface area contributed by atoms with Crippen LogP contribution in [0.1, 0.15) is 41.2 Å². The van der Waals surface area contributed by atoms with Gasteiger partial charge in [0, 0.05) is 23.5 Å². The third-order valence-corrected chi connectivity index (χ3v) is 3.96. The van der Waals surface area contributed by atoms with E-state index in [9.17, 15) is 18.0 Å². The molecular weight excluding hydrogens is 409 g/mol. The summed E-state index contributed by atoms with van der Waals surface area (Å²) < 4.78 is 39.3. The number of hydrogen-bond donors (Lipinski definition) is 1. The SMILES string of the molecule is CC#Cc1ccc(/C(=N\OC)C(C)NC(=O)c2nccnc2C(F)(F)F)c(Cl)c1. The van der Waals surface area contributed by atoms with Crippen molar-refractivity contribution in [2.24, 2.45) is 5.16 Å². The molecule has 29 heavy (non-hydrogen) atoms. The number of nitrogens with zero attached hydrogens (tertiary/aromatic N) is 3. The van der Waals surface area contributed by atoms with Crippen molar-refractivity contribution in [1.82, 2.24) is 15.3 Å². The lowest BCUT2D eigenvalue weighted by Crippen LogP contribution is -2.40. The molecule has 0 spiro atoms. The molecule has 1 N–H and O–H groups in total. The van der Waals surface area contributed by atoms with Gasteiger partial charge in [-0.25, -0.2) is 9.97 Å². The summed E-state index contributed by atoms with van der Waals surface area (Å²) in [5.41, 5.74) is -0.916. The third kappa shape index (κ3) is 5.45. The number of benzene rings is 1. The highest BCUT2D eigenvalue weighted by Crippen LogP contribution is 2.29. The molecule has 1 amide bonds. The second kappa shape index (κ2) is 9.39. The first-order valence-corrected chi connectivity index (χ1v) is 8.59. The predicted octanol–water partition coefficient (Wildman–Crippen LogP) is 3.69. The van der Waals surface area contributed by atoms with Gasteiger partial charge in [-0.05, 0) is 26.0 Å². The Kier molecular flexibility index (Phi) is 7.18. The molecular formula is C19H16ClF3N4O2. The minimum atomic E-state index is -4.83. The van der Waals surface area contributed by atoms with E-state index < -0.39 is 29.5 Å². The van der Waals surface area contributed by atoms with E-state index in [0.29, 0.717) is 11.1 Å². The van der Waals surface area contributed by atoms with Gasteiger partial charge in [0.15, 0.2) is 11.4 Å². The molecule has 1 heterocycles. The zero-order chi connectivity index (χ0) is 21.6. The van der Waals surface area contributed by atoms with Crippen LogP contribution in [0.25, 0.3) is 0 Å². The van der Waals surface area contributed by atoms with E-state index in [0.717, 1.165) is 12.4 Å². The molecule has 0 aliphatic carbocycles. The van der Waals surface area contributed by atoms with E-state index in [2.05, 4.69) is 32.3 Å². The molecule has 0 bridgehead atoms. The van der Waals surface area contributed by atoms with Gasteiger partial charge in [0.2, 0.25) is 0 Å². The highest BCUT2D eigenvalue weighted by molar-refractivity contribution is 6.34. The molecule has 2 aromatic rings. The van der Waals surface area contributed by atoms with Gasteiger partial charge in [-0.15, -0.1) is 5.92 Å². The number of carbonyl (C=O) groups is 1. The molecule has 0 aliphatic heterocycles. The summed E-state index contributed by atoms with van der Waals surface area (Å²) in [4.78, 5) is 24.0. The molecule has 1 aromatic carbocycles. The van der Waals surface area contributed by atoms with Crippen LogP contribution in [-0.4, -0.2) is 34.7 Å². The van der Waals surface area contributed by atoms with Crippen molar-refractivity contribution < 1.29 is 22.8 Å². The molecule has 0 saturated carbocycles. The fourth-order valence-corrected chi connectivity index (χ4v) is 2.73. The van der Waals surface area contributed by atoms with Crippen LogP contribution in [0, 0.1) is 11.8 Å². The van der Waals surface area contributed by atoms with Crippen LogP contribution in [0.2, 0.25) is 5.02 Å². The van der Waals surface area contributed by atoms with Gasteiger partial charge in [0.25, 0.3) is 5.91 Å². The van der Waals surface area contributed by atoms with Gasteiger partial charge in [-0.2, -0.15) is 13.2 Å². The fourth-order valence-electron chi connectivity index (χ4n) is 2.45. The summed E-state index contributed by atoms with van der Waals surface area (Å²) in [5.74, 6) is 4.53. The quantitative estimate of drug-likeness (QED) is 0.451. The second-order valence-corrected chi connectivity index (χ2v) is 6.08. The standard InChI is InChI=1S/C19H16ClF3N4O2/c1-4-5-12-6-7-13(14(20)10-12)15(27-29-3)11(2)26-18(28)16-17(19(21,22)23)25-9-8-24-16/h6-11H,1-3H3,(H,26,28)/b27-15-. The summed E-state index contributed by atoms with van der Waals surface area (Å²) >= 11 is 6.29. The Labute approximate surface area is 170 Å². The maximum Gasteiger partial charge on any atom is 0.435 e. The lowest BCUT2D eigenvalue weighted by atomic mass is 10.0. The van der Waals surface area contributed by atoms with Crippen LogP contribution in [0.15, 0.2) is 35.7 Å². The van der Waals surface area contributed by atoms with E-state index in [1.807, 2.05) is 0 Å². The lowest BCUT2D eigenvalue weighted by molar-refractivity contribution is -0.141. The minimum Gasteiger partial charge on any atom is -0.399 e. The Morgan fingerprint density at radius 2 is 2.00 bits per heavy atom. The zero-order valence-electron chi connectivity index (χ0n) is 15.6. The molecule has 1 unspecified atom stereocenters. The van der Waals surface area contributed by atoms with Gasteiger partial charge < -0.3 is 10.2 Å². The van der Waals surface area contributed by atoms with E-state index in [4.69, 9.17) is 16.4 Å². The van der Waals surface area contributed by atoms with Gasteiger partial charge in [-0.1, -0.05) is 28.7 Å². The third-order valence-electron chi connectivity index (χ3n) is 3.64. The van der Waals surface area contributed by atoms with Crippen molar-refractivity contribution in [3.63, 3.8) is 0 Å². The Hall–Kier alpha value is -3.12. The van der Waals surface area contributed by atoms with Crippen LogP contribution < -0.4 is 5.32 Å². The summed E-state index contributed by atoms with van der Waals surface area (Å²) in [5, 5.41) is 6.58. The number of alkyl halides is 3. The van der Waals surface area contributed by atoms with Crippen molar-refractivity contribution in [1.29, 1.82) is 0 Å². The van der Waals surface area contributed by atoms with Crippen molar-refractivity contribution >= 4 is 23.2 Å². The summed E-state index contributed by atoms with van der Waals surface area (Å²) in [6, 6.07) is 4.08. The zero-order valence-corrected chi connectivity index (χ0v) is 16.4. The molecule has 0 saturated heterocycles. The molecule has 2 rings (SSSR count). The number of aromatic nitrogens is 2. The van der Waals surface area contributed by atoms with E-state index in [-0.39, 0.29) is 10.7 Å². The molecule has 1 aromatic heterocycles. The topological polar surface area (TPSA) is 76.5 Å². The highest BCUT2D eigenvalue weighted by Gasteiger charge is 2.38. The number of rotatable bonds is 5. The largest absolute Gasteiger partial charge is 0.435 e. The van der Waals surface area contributed by atoms with Gasteiger partial charge in [-0.3, -0.25) is 4.79 Å². The molecule has 10 heteroatoms. The van der Waals surface area contributed by atoms with Crippen LogP contribution in [0.5, 0.6) is 0 Å². The van der Waals surface area contributed by atoms with Gasteiger partial charge >= 0.3 is 6.18 Å². The van der Waals surface area contributed by atoms with Crippen LogP contribution >= 0.6 is 11.6 Å². The predicted molar refractivity (Wildman–Crippen MR) is 102 cm³/mol. The molecule has 6 nitrogen and oxygen atoms in total. The summed E-state index contributed by atoms with van der Waals surface area (Å²) in [6.07, 6.45) is -2.96. The fraction of sp³-hybridized carbons (Fsp3) is 0.263. The van der Waals surface area contributed by atoms with E-state index in [1.165, 1.54) is 14.0 Å². The molecule has 0 aliphatic rings. The minimum absolute atomic E-state index is 0.208. The summed E-state index contributed by atoms with van der Waals surface area (Å²) in [6.45, 7) is 3.20. The number of amides is 1. The number of hydrogen-bond acceptors (Lipinski definition) is 5. The normalized spacial score (nSPS) is 12.6. The Morgan fingerprint density at radius 3 is 2.59 bits per heavy atom. The molecule has 0 fully saturated rings. The first-order valence-electron chi connectivity index (χ1n) is 8.21. The molecule has 152 valence electrons. The van der Waals surface area contributed by atoms with Crippen LogP contribution in [-0.2, 0) is 11.0 Å². The maximum absolute atomic E-state index is 13.1. The first-order chi connectivity index (χ1) is 13.7. The first kappa shape index (κ1) is 22.2. The number of oxime groups is 1. The monoisotopic (exact) mass is 424 g/mol. The van der Waals surface area contributed by atoms with Crippen LogP contribution in [0.4, 0.5) is 13.2 Å². The lowest BCUT2D eigenvalue weighted by Gasteiger charge is -2.18. The van der Waals surface area contributed by atoms with Crippen molar-refractivity contribution in [2.75, 3.05) is 7.11 Å². The summed E-state index contributed by atoms with van der Waals surface area (Å²) in [7, 11) is 1.30. The van der Waals surface area contributed by atoms with Gasteiger partial charge in [0.05, 0.1) is 11.1 Å². The van der Waals surface area contributed by atoms with Gasteiger partial charge in [0.1, 0.15) is 12.8 Å². The highest BCUT2D eigenvalue weighted by atomic mass is 35.5. The number of nitrogens with one attached hydrogen (secondary N) is 1. The molecule has 0 radical (unpaired) electrons. The maximum atomic E-state index is 13.1. The van der Waals surface area contributed by atoms with E-state index in [1.54, 1.807) is 25.1 Å². The Bertz CT molecular complexity index is 997. The van der Waals surface area contributed by atoms with Crippen molar-refractivity contribution in [3.05, 3.63) is 58.1 Å². The molecule has 1 atom stereocenters. The number of halogens is 4. The average Bonchev–Trinajstić information content (AvgIpc) is 2.66. The van der Waals surface area contributed by atoms with Crippen molar-refractivity contribution in [3.8, 4) is 11.8 Å². The Balaban J connectivity index is 2.34.